The molecule has 0 spiro atoms. The van der Waals surface area contributed by atoms with E-state index >= 15 is 0 Å². The first-order valence-electron chi connectivity index (χ1n) is 7.43. The highest BCUT2D eigenvalue weighted by atomic mass is 79.9. The van der Waals surface area contributed by atoms with E-state index in [0.29, 0.717) is 6.04 Å². The predicted octanol–water partition coefficient (Wildman–Crippen LogP) is 3.80. The Balaban J connectivity index is 1.79. The molecule has 1 heterocycles. The molecular formula is C16H24BrFN2. The third-order valence-corrected chi connectivity index (χ3v) is 4.31. The van der Waals surface area contributed by atoms with Crippen LogP contribution in [0.4, 0.5) is 4.39 Å². The van der Waals surface area contributed by atoms with Crippen molar-refractivity contribution in [3.63, 3.8) is 0 Å². The van der Waals surface area contributed by atoms with Crippen molar-refractivity contribution in [3.05, 3.63) is 34.1 Å². The summed E-state index contributed by atoms with van der Waals surface area (Å²) in [6, 6.07) is 5.72. The maximum Gasteiger partial charge on any atom is 0.124 e. The average Bonchev–Trinajstić information content (AvgIpc) is 2.36. The highest BCUT2D eigenvalue weighted by molar-refractivity contribution is 9.10. The maximum absolute atomic E-state index is 13.4. The molecule has 20 heavy (non-hydrogen) atoms. The molecule has 4 heteroatoms. The second kappa shape index (κ2) is 7.53. The number of rotatable bonds is 5. The van der Waals surface area contributed by atoms with Gasteiger partial charge in [-0.15, -0.1) is 0 Å². The van der Waals surface area contributed by atoms with Crippen molar-refractivity contribution in [2.75, 3.05) is 19.6 Å². The van der Waals surface area contributed by atoms with E-state index in [-0.39, 0.29) is 5.82 Å². The topological polar surface area (TPSA) is 15.3 Å². The Bertz CT molecular complexity index is 408. The van der Waals surface area contributed by atoms with Gasteiger partial charge in [0.05, 0.1) is 0 Å². The lowest BCUT2D eigenvalue weighted by Gasteiger charge is -2.32. The van der Waals surface area contributed by atoms with Crippen LogP contribution in [0.1, 0.15) is 32.3 Å². The van der Waals surface area contributed by atoms with Crippen LogP contribution < -0.4 is 5.32 Å². The average molecular weight is 343 g/mol. The predicted molar refractivity (Wildman–Crippen MR) is 85.2 cm³/mol. The summed E-state index contributed by atoms with van der Waals surface area (Å²) in [7, 11) is 0. The van der Waals surface area contributed by atoms with Gasteiger partial charge in [0.1, 0.15) is 5.82 Å². The lowest BCUT2D eigenvalue weighted by molar-refractivity contribution is 0.174. The zero-order valence-corrected chi connectivity index (χ0v) is 13.9. The van der Waals surface area contributed by atoms with Crippen LogP contribution >= 0.6 is 15.9 Å². The number of piperidine rings is 1. The first-order chi connectivity index (χ1) is 9.52. The summed E-state index contributed by atoms with van der Waals surface area (Å²) in [5.41, 5.74) is 1.05. The van der Waals surface area contributed by atoms with E-state index in [1.807, 2.05) is 6.07 Å². The zero-order chi connectivity index (χ0) is 14.5. The van der Waals surface area contributed by atoms with Gasteiger partial charge in [-0.2, -0.15) is 0 Å². The van der Waals surface area contributed by atoms with E-state index in [0.717, 1.165) is 42.1 Å². The minimum atomic E-state index is -0.162. The van der Waals surface area contributed by atoms with Crippen molar-refractivity contribution < 1.29 is 4.39 Å². The monoisotopic (exact) mass is 342 g/mol. The summed E-state index contributed by atoms with van der Waals surface area (Å²) in [6.45, 7) is 8.57. The van der Waals surface area contributed by atoms with Crippen LogP contribution in [0.25, 0.3) is 0 Å². The summed E-state index contributed by atoms with van der Waals surface area (Å²) < 4.78 is 14.2. The molecule has 1 aliphatic rings. The van der Waals surface area contributed by atoms with Gasteiger partial charge in [0.15, 0.2) is 0 Å². The molecule has 2 rings (SSSR count). The Morgan fingerprint density at radius 1 is 1.30 bits per heavy atom. The Labute approximate surface area is 129 Å². The van der Waals surface area contributed by atoms with Crippen LogP contribution in [0.2, 0.25) is 0 Å². The van der Waals surface area contributed by atoms with Crippen molar-refractivity contribution in [2.24, 2.45) is 5.92 Å². The number of benzene rings is 1. The van der Waals surface area contributed by atoms with Crippen LogP contribution in [-0.4, -0.2) is 30.6 Å². The second-order valence-electron chi connectivity index (χ2n) is 6.06. The summed E-state index contributed by atoms with van der Waals surface area (Å²) in [4.78, 5) is 2.42. The van der Waals surface area contributed by atoms with Crippen LogP contribution in [-0.2, 0) is 6.54 Å². The molecule has 1 aromatic rings. The van der Waals surface area contributed by atoms with Crippen LogP contribution in [0, 0.1) is 11.7 Å². The molecule has 0 saturated carbocycles. The van der Waals surface area contributed by atoms with Gasteiger partial charge in [-0.1, -0.05) is 29.8 Å². The molecule has 2 nitrogen and oxygen atoms in total. The molecule has 1 N–H and O–H groups in total. The molecule has 0 amide bonds. The van der Waals surface area contributed by atoms with Gasteiger partial charge in [-0.05, 0) is 62.2 Å². The number of hydrogen-bond donors (Lipinski definition) is 1. The fraction of sp³-hybridized carbons (Fsp3) is 0.625. The Morgan fingerprint density at radius 3 is 2.60 bits per heavy atom. The van der Waals surface area contributed by atoms with E-state index in [1.165, 1.54) is 18.9 Å². The number of halogens is 2. The van der Waals surface area contributed by atoms with E-state index in [4.69, 9.17) is 0 Å². The highest BCUT2D eigenvalue weighted by Crippen LogP contribution is 2.21. The molecule has 1 aliphatic heterocycles. The van der Waals surface area contributed by atoms with Crippen molar-refractivity contribution >= 4 is 15.9 Å². The van der Waals surface area contributed by atoms with Gasteiger partial charge in [-0.3, -0.25) is 4.90 Å². The fourth-order valence-electron chi connectivity index (χ4n) is 2.71. The van der Waals surface area contributed by atoms with E-state index in [1.54, 1.807) is 6.07 Å². The quantitative estimate of drug-likeness (QED) is 0.875. The Hall–Kier alpha value is -0.450. The van der Waals surface area contributed by atoms with Gasteiger partial charge >= 0.3 is 0 Å². The number of likely N-dealkylation sites (tertiary alicyclic amines) is 1. The van der Waals surface area contributed by atoms with E-state index in [9.17, 15) is 4.39 Å². The highest BCUT2D eigenvalue weighted by Gasteiger charge is 2.19. The summed E-state index contributed by atoms with van der Waals surface area (Å²) in [5.74, 6) is 0.623. The van der Waals surface area contributed by atoms with Gasteiger partial charge in [-0.25, -0.2) is 4.39 Å². The number of nitrogens with zero attached hydrogens (tertiary/aromatic N) is 1. The first kappa shape index (κ1) is 15.9. The summed E-state index contributed by atoms with van der Waals surface area (Å²) in [6.07, 6.45) is 2.46. The summed E-state index contributed by atoms with van der Waals surface area (Å²) in [5, 5.41) is 3.52. The third kappa shape index (κ3) is 5.15. The van der Waals surface area contributed by atoms with Crippen LogP contribution in [0.5, 0.6) is 0 Å². The SMILES string of the molecule is CC(C)NCC1CCN(Cc2cc(F)cc(Br)c2)CC1. The molecule has 0 unspecified atom stereocenters. The normalized spacial score (nSPS) is 17.9. The van der Waals surface area contributed by atoms with Crippen molar-refractivity contribution in [1.29, 1.82) is 0 Å². The zero-order valence-electron chi connectivity index (χ0n) is 12.3. The minimum absolute atomic E-state index is 0.162. The fourth-order valence-corrected chi connectivity index (χ4v) is 3.22. The number of hydrogen-bond acceptors (Lipinski definition) is 2. The minimum Gasteiger partial charge on any atom is -0.314 e. The lowest BCUT2D eigenvalue weighted by atomic mass is 9.96. The number of nitrogens with one attached hydrogen (secondary N) is 1. The van der Waals surface area contributed by atoms with Gasteiger partial charge in [0, 0.05) is 17.1 Å². The van der Waals surface area contributed by atoms with Crippen molar-refractivity contribution in [2.45, 2.75) is 39.3 Å². The molecule has 1 aromatic carbocycles. The molecule has 0 aromatic heterocycles. The van der Waals surface area contributed by atoms with Crippen LogP contribution in [0.15, 0.2) is 22.7 Å². The van der Waals surface area contributed by atoms with Gasteiger partial charge < -0.3 is 5.32 Å². The standard InChI is InChI=1S/C16H24BrFN2/c1-12(2)19-10-13-3-5-20(6-4-13)11-14-7-15(17)9-16(18)8-14/h7-9,12-13,19H,3-6,10-11H2,1-2H3. The molecule has 112 valence electrons. The van der Waals surface area contributed by atoms with Gasteiger partial charge in [0.25, 0.3) is 0 Å². The van der Waals surface area contributed by atoms with E-state index in [2.05, 4.69) is 40.0 Å². The first-order valence-corrected chi connectivity index (χ1v) is 8.23. The molecule has 0 aliphatic carbocycles. The molecule has 0 radical (unpaired) electrons. The maximum atomic E-state index is 13.4. The molecular weight excluding hydrogens is 319 g/mol. The molecule has 0 atom stereocenters. The van der Waals surface area contributed by atoms with Crippen molar-refractivity contribution in [1.82, 2.24) is 10.2 Å². The molecule has 1 fully saturated rings. The van der Waals surface area contributed by atoms with Gasteiger partial charge in [0.2, 0.25) is 0 Å². The largest absolute Gasteiger partial charge is 0.314 e. The second-order valence-corrected chi connectivity index (χ2v) is 6.98. The molecule has 0 bridgehead atoms. The van der Waals surface area contributed by atoms with Crippen molar-refractivity contribution in [3.8, 4) is 0 Å². The lowest BCUT2D eigenvalue weighted by Crippen LogP contribution is -2.38. The Morgan fingerprint density at radius 2 is 2.00 bits per heavy atom. The summed E-state index contributed by atoms with van der Waals surface area (Å²) >= 11 is 3.35. The Kier molecular flexibility index (Phi) is 6.00. The smallest absolute Gasteiger partial charge is 0.124 e. The van der Waals surface area contributed by atoms with Crippen LogP contribution in [0.3, 0.4) is 0 Å². The third-order valence-electron chi connectivity index (χ3n) is 3.85. The van der Waals surface area contributed by atoms with E-state index < -0.39 is 0 Å². The molecule has 1 saturated heterocycles.